The molecule has 40 heavy (non-hydrogen) atoms. The van der Waals surface area contributed by atoms with E-state index < -0.39 is 17.5 Å². The highest BCUT2D eigenvalue weighted by Gasteiger charge is 2.30. The van der Waals surface area contributed by atoms with Crippen LogP contribution in [0.1, 0.15) is 36.0 Å². The number of likely N-dealkylation sites (tertiary alicyclic amines) is 2. The lowest BCUT2D eigenvalue weighted by Crippen LogP contribution is -2.52. The molecule has 0 aromatic heterocycles. The van der Waals surface area contributed by atoms with Crippen LogP contribution in [0.2, 0.25) is 0 Å². The fraction of sp³-hybridized carbons (Fsp3) is 0.355. The Morgan fingerprint density at radius 2 is 1.55 bits per heavy atom. The van der Waals surface area contributed by atoms with E-state index in [1.807, 2.05) is 35.2 Å². The van der Waals surface area contributed by atoms with Gasteiger partial charge in [0.15, 0.2) is 0 Å². The molecule has 210 valence electrons. The highest BCUT2D eigenvalue weighted by molar-refractivity contribution is 8.00. The van der Waals surface area contributed by atoms with Crippen LogP contribution in [-0.2, 0) is 4.79 Å². The lowest BCUT2D eigenvalue weighted by atomic mass is 9.97. The minimum Gasteiger partial charge on any atom is -0.353 e. The molecule has 1 N–H and O–H groups in total. The molecule has 2 heterocycles. The monoisotopic (exact) mass is 567 g/mol. The van der Waals surface area contributed by atoms with E-state index >= 15 is 0 Å². The Hall–Kier alpha value is -3.30. The average Bonchev–Trinajstić information content (AvgIpc) is 2.97. The highest BCUT2D eigenvalue weighted by atomic mass is 32.2. The number of halogens is 3. The number of rotatable bonds is 7. The van der Waals surface area contributed by atoms with Crippen molar-refractivity contribution >= 4 is 23.6 Å². The van der Waals surface area contributed by atoms with Gasteiger partial charge in [-0.25, -0.2) is 13.2 Å². The van der Waals surface area contributed by atoms with Crippen molar-refractivity contribution in [2.24, 2.45) is 0 Å². The molecule has 3 aromatic carbocycles. The van der Waals surface area contributed by atoms with Gasteiger partial charge in [0.25, 0.3) is 5.91 Å². The number of carbonyl (C=O) groups is 2. The zero-order chi connectivity index (χ0) is 28.1. The number of nitrogens with one attached hydrogen (secondary N) is 1. The predicted octanol–water partition coefficient (Wildman–Crippen LogP) is 5.75. The van der Waals surface area contributed by atoms with E-state index in [0.29, 0.717) is 30.3 Å². The molecule has 5 nitrogen and oxygen atoms in total. The molecule has 5 rings (SSSR count). The molecule has 2 amide bonds. The summed E-state index contributed by atoms with van der Waals surface area (Å²) in [6.07, 6.45) is 3.36. The maximum Gasteiger partial charge on any atom is 0.253 e. The van der Waals surface area contributed by atoms with Gasteiger partial charge in [0.05, 0.1) is 5.75 Å². The van der Waals surface area contributed by atoms with Gasteiger partial charge in [-0.1, -0.05) is 36.4 Å². The summed E-state index contributed by atoms with van der Waals surface area (Å²) in [6.45, 7) is 2.96. The summed E-state index contributed by atoms with van der Waals surface area (Å²) in [5.41, 5.74) is 1.63. The van der Waals surface area contributed by atoms with E-state index in [-0.39, 0.29) is 28.5 Å². The summed E-state index contributed by atoms with van der Waals surface area (Å²) < 4.78 is 41.6. The first kappa shape index (κ1) is 28.2. The molecule has 0 aliphatic carbocycles. The van der Waals surface area contributed by atoms with Crippen molar-refractivity contribution in [3.8, 4) is 11.1 Å². The van der Waals surface area contributed by atoms with Gasteiger partial charge >= 0.3 is 0 Å². The Kier molecular flexibility index (Phi) is 9.11. The minimum absolute atomic E-state index is 0.0674. The van der Waals surface area contributed by atoms with Gasteiger partial charge in [-0.05, 0) is 55.5 Å². The van der Waals surface area contributed by atoms with Crippen LogP contribution >= 0.6 is 11.8 Å². The highest BCUT2D eigenvalue weighted by Crippen LogP contribution is 2.26. The zero-order valence-corrected chi connectivity index (χ0v) is 22.9. The van der Waals surface area contributed by atoms with Gasteiger partial charge in [0.2, 0.25) is 5.91 Å². The normalized spacial score (nSPS) is 17.1. The molecule has 2 fully saturated rings. The van der Waals surface area contributed by atoms with Gasteiger partial charge < -0.3 is 15.1 Å². The lowest BCUT2D eigenvalue weighted by molar-refractivity contribution is -0.119. The molecular weight excluding hydrogens is 535 g/mol. The number of thioether (sulfide) groups is 1. The fourth-order valence-electron chi connectivity index (χ4n) is 5.53. The second-order valence-electron chi connectivity index (χ2n) is 10.3. The van der Waals surface area contributed by atoms with Crippen LogP contribution in [0.3, 0.4) is 0 Å². The van der Waals surface area contributed by atoms with Gasteiger partial charge in [-0.2, -0.15) is 0 Å². The molecule has 0 bridgehead atoms. The number of hydrogen-bond acceptors (Lipinski definition) is 4. The molecule has 9 heteroatoms. The summed E-state index contributed by atoms with van der Waals surface area (Å²) in [7, 11) is 0. The largest absolute Gasteiger partial charge is 0.353 e. The van der Waals surface area contributed by atoms with E-state index in [1.165, 1.54) is 18.2 Å². The van der Waals surface area contributed by atoms with Crippen LogP contribution in [0.5, 0.6) is 0 Å². The Labute approximate surface area is 236 Å². The lowest BCUT2D eigenvalue weighted by Gasteiger charge is -2.42. The van der Waals surface area contributed by atoms with E-state index in [9.17, 15) is 22.8 Å². The maximum atomic E-state index is 14.8. The molecule has 0 saturated carbocycles. The van der Waals surface area contributed by atoms with Crippen molar-refractivity contribution in [3.63, 3.8) is 0 Å². The number of hydrogen-bond donors (Lipinski definition) is 1. The summed E-state index contributed by atoms with van der Waals surface area (Å²) in [5.74, 6) is -1.92. The number of nitrogens with zero attached hydrogens (tertiary/aromatic N) is 2. The second kappa shape index (κ2) is 12.9. The third kappa shape index (κ3) is 6.88. The molecule has 2 aliphatic rings. The number of benzene rings is 3. The molecule has 2 saturated heterocycles. The van der Waals surface area contributed by atoms with Crippen LogP contribution in [0.4, 0.5) is 13.2 Å². The fourth-order valence-corrected chi connectivity index (χ4v) is 6.26. The van der Waals surface area contributed by atoms with Crippen molar-refractivity contribution in [1.29, 1.82) is 0 Å². The van der Waals surface area contributed by atoms with Crippen LogP contribution in [0, 0.1) is 17.5 Å². The molecule has 0 unspecified atom stereocenters. The summed E-state index contributed by atoms with van der Waals surface area (Å²) in [6, 6.07) is 17.8. The first-order valence-corrected chi connectivity index (χ1v) is 14.6. The summed E-state index contributed by atoms with van der Waals surface area (Å²) >= 11 is 1.06. The van der Waals surface area contributed by atoms with Crippen molar-refractivity contribution in [2.75, 3.05) is 31.9 Å². The third-order valence-electron chi connectivity index (χ3n) is 7.72. The van der Waals surface area contributed by atoms with Crippen molar-refractivity contribution < 1.29 is 22.8 Å². The van der Waals surface area contributed by atoms with E-state index in [0.717, 1.165) is 62.2 Å². The third-order valence-corrected chi connectivity index (χ3v) is 8.76. The second-order valence-corrected chi connectivity index (χ2v) is 11.3. The van der Waals surface area contributed by atoms with Gasteiger partial charge in [-0.15, -0.1) is 11.8 Å². The summed E-state index contributed by atoms with van der Waals surface area (Å²) in [4.78, 5) is 29.9. The molecule has 0 atom stereocenters. The number of carbonyl (C=O) groups excluding carboxylic acids is 2. The smallest absolute Gasteiger partial charge is 0.253 e. The maximum absolute atomic E-state index is 14.8. The summed E-state index contributed by atoms with van der Waals surface area (Å²) in [5, 5.41) is 3.04. The molecule has 0 spiro atoms. The number of piperidine rings is 2. The van der Waals surface area contributed by atoms with E-state index in [4.69, 9.17) is 0 Å². The van der Waals surface area contributed by atoms with E-state index in [2.05, 4.69) is 10.2 Å². The van der Waals surface area contributed by atoms with Crippen LogP contribution in [-0.4, -0.2) is 65.6 Å². The van der Waals surface area contributed by atoms with Crippen LogP contribution in [0.25, 0.3) is 11.1 Å². The zero-order valence-electron chi connectivity index (χ0n) is 22.1. The topological polar surface area (TPSA) is 52.7 Å². The van der Waals surface area contributed by atoms with Gasteiger partial charge in [0, 0.05) is 60.4 Å². The van der Waals surface area contributed by atoms with E-state index in [1.54, 1.807) is 12.1 Å². The van der Waals surface area contributed by atoms with Gasteiger partial charge in [-0.3, -0.25) is 9.59 Å². The number of amides is 2. The first-order chi connectivity index (χ1) is 19.4. The van der Waals surface area contributed by atoms with Crippen LogP contribution in [0.15, 0.2) is 71.6 Å². The Morgan fingerprint density at radius 1 is 0.825 bits per heavy atom. The van der Waals surface area contributed by atoms with Crippen molar-refractivity contribution in [1.82, 2.24) is 15.1 Å². The van der Waals surface area contributed by atoms with Crippen molar-refractivity contribution in [3.05, 3.63) is 89.7 Å². The standard InChI is InChI=1S/C31H32F3N3O2S/c32-23-7-9-29(28(34)19-23)40-20-30(38)35-24-10-14-36(15-11-24)25-12-16-37(17-13-25)31(39)22-6-8-26(27(33)18-22)21-4-2-1-3-5-21/h1-9,18-19,24-25H,10-17,20H2,(H,35,38). The van der Waals surface area contributed by atoms with Gasteiger partial charge in [0.1, 0.15) is 17.5 Å². The molecule has 0 radical (unpaired) electrons. The quantitative estimate of drug-likeness (QED) is 0.370. The predicted molar refractivity (Wildman–Crippen MR) is 151 cm³/mol. The van der Waals surface area contributed by atoms with Crippen LogP contribution < -0.4 is 5.32 Å². The first-order valence-electron chi connectivity index (χ1n) is 13.6. The Bertz CT molecular complexity index is 1340. The Balaban J connectivity index is 1.05. The Morgan fingerprint density at radius 3 is 2.23 bits per heavy atom. The molecular formula is C31H32F3N3O2S. The molecule has 2 aliphatic heterocycles. The average molecular weight is 568 g/mol. The minimum atomic E-state index is -0.660. The molecule has 3 aromatic rings. The van der Waals surface area contributed by atoms with Crippen molar-refractivity contribution in [2.45, 2.75) is 42.7 Å². The SMILES string of the molecule is O=C(CSc1ccc(F)cc1F)NC1CCN(C2CCN(C(=O)c3ccc(-c4ccccc4)c(F)c3)CC2)CC1.